The van der Waals surface area contributed by atoms with Gasteiger partial charge >= 0.3 is 0 Å². The lowest BCUT2D eigenvalue weighted by Crippen LogP contribution is -1.92. The summed E-state index contributed by atoms with van der Waals surface area (Å²) in [7, 11) is 0. The minimum Gasteiger partial charge on any atom is -0.338 e. The van der Waals surface area contributed by atoms with Gasteiger partial charge in [-0.15, -0.1) is 10.2 Å². The first-order chi connectivity index (χ1) is 13.2. The van der Waals surface area contributed by atoms with Crippen LogP contribution in [0.25, 0.3) is 11.4 Å². The molecule has 9 heteroatoms. The van der Waals surface area contributed by atoms with Crippen LogP contribution < -0.4 is 5.32 Å². The van der Waals surface area contributed by atoms with E-state index in [1.165, 1.54) is 29.2 Å². The van der Waals surface area contributed by atoms with Crippen molar-refractivity contribution >= 4 is 33.9 Å². The maximum Gasteiger partial charge on any atom is 0.237 e. The Kier molecular flexibility index (Phi) is 5.12. The summed E-state index contributed by atoms with van der Waals surface area (Å²) in [4.78, 5) is 4.44. The number of nitrogens with one attached hydrogen (secondary N) is 1. The molecule has 2 aromatic heterocycles. The molecule has 0 aliphatic rings. The van der Waals surface area contributed by atoms with Gasteiger partial charge in [0.05, 0.1) is 11.4 Å². The fourth-order valence-electron chi connectivity index (χ4n) is 2.37. The topological polar surface area (TPSA) is 76.7 Å². The van der Waals surface area contributed by atoms with Crippen LogP contribution in [0, 0.1) is 12.7 Å². The van der Waals surface area contributed by atoms with Gasteiger partial charge in [-0.2, -0.15) is 4.98 Å². The fraction of sp³-hybridized carbons (Fsp3) is 0.111. The van der Waals surface area contributed by atoms with E-state index >= 15 is 0 Å². The van der Waals surface area contributed by atoms with Crippen molar-refractivity contribution in [2.45, 2.75) is 17.0 Å². The second-order valence-corrected chi connectivity index (χ2v) is 7.79. The molecule has 2 heterocycles. The summed E-state index contributed by atoms with van der Waals surface area (Å²) >= 11 is 2.77. The minimum atomic E-state index is -0.337. The van der Waals surface area contributed by atoms with Gasteiger partial charge in [-0.3, -0.25) is 0 Å². The molecular formula is C18H14FN5OS2. The highest BCUT2D eigenvalue weighted by atomic mass is 32.2. The molecule has 4 aromatic rings. The number of rotatable bonds is 6. The quantitative estimate of drug-likeness (QED) is 0.454. The predicted molar refractivity (Wildman–Crippen MR) is 104 cm³/mol. The van der Waals surface area contributed by atoms with Gasteiger partial charge in [-0.05, 0) is 24.6 Å². The molecule has 6 nitrogen and oxygen atoms in total. The number of nitrogens with zero attached hydrogens (tertiary/aromatic N) is 4. The number of aryl methyl sites for hydroxylation is 1. The third-order valence-electron chi connectivity index (χ3n) is 3.70. The highest BCUT2D eigenvalue weighted by Gasteiger charge is 2.13. The lowest BCUT2D eigenvalue weighted by atomic mass is 10.1. The highest BCUT2D eigenvalue weighted by molar-refractivity contribution is 8.00. The van der Waals surface area contributed by atoms with Crippen LogP contribution in [-0.4, -0.2) is 20.3 Å². The molecule has 0 aliphatic carbocycles. The Morgan fingerprint density at radius 2 is 1.93 bits per heavy atom. The van der Waals surface area contributed by atoms with E-state index < -0.39 is 0 Å². The van der Waals surface area contributed by atoms with Crippen LogP contribution in [-0.2, 0) is 5.75 Å². The van der Waals surface area contributed by atoms with E-state index in [2.05, 4.69) is 25.7 Å². The van der Waals surface area contributed by atoms with Gasteiger partial charge in [-0.25, -0.2) is 4.39 Å². The third kappa shape index (κ3) is 4.15. The Balaban J connectivity index is 1.39. The molecule has 0 fully saturated rings. The van der Waals surface area contributed by atoms with E-state index in [1.807, 2.05) is 31.2 Å². The Bertz CT molecular complexity index is 1070. The second-order valence-electron chi connectivity index (χ2n) is 5.59. The Labute approximate surface area is 162 Å². The molecule has 0 spiro atoms. The summed E-state index contributed by atoms with van der Waals surface area (Å²) in [5.41, 5.74) is 2.40. The molecule has 2 aromatic carbocycles. The van der Waals surface area contributed by atoms with Crippen LogP contribution >= 0.6 is 23.1 Å². The highest BCUT2D eigenvalue weighted by Crippen LogP contribution is 2.30. The molecule has 27 heavy (non-hydrogen) atoms. The molecule has 0 unspecified atom stereocenters. The van der Waals surface area contributed by atoms with Gasteiger partial charge in [-0.1, -0.05) is 64.7 Å². The molecule has 0 bridgehead atoms. The van der Waals surface area contributed by atoms with E-state index in [0.717, 1.165) is 15.5 Å². The number of benzene rings is 2. The molecule has 4 rings (SSSR count). The van der Waals surface area contributed by atoms with E-state index in [1.54, 1.807) is 18.2 Å². The van der Waals surface area contributed by atoms with Crippen LogP contribution in [0.4, 0.5) is 15.2 Å². The van der Waals surface area contributed by atoms with Crippen molar-refractivity contribution in [1.29, 1.82) is 0 Å². The number of para-hydroxylation sites is 1. The van der Waals surface area contributed by atoms with E-state index in [0.29, 0.717) is 28.3 Å². The third-order valence-corrected chi connectivity index (χ3v) is 5.65. The summed E-state index contributed by atoms with van der Waals surface area (Å²) in [6.07, 6.45) is 0. The summed E-state index contributed by atoms with van der Waals surface area (Å²) in [6, 6.07) is 14.3. The molecular weight excluding hydrogens is 385 g/mol. The molecule has 0 amide bonds. The number of anilines is 2. The Morgan fingerprint density at radius 3 is 2.78 bits per heavy atom. The number of aromatic nitrogens is 4. The van der Waals surface area contributed by atoms with Crippen molar-refractivity contribution in [1.82, 2.24) is 20.3 Å². The summed E-state index contributed by atoms with van der Waals surface area (Å²) in [6.45, 7) is 2.01. The average Bonchev–Trinajstić information content (AvgIpc) is 3.32. The standard InChI is InChI=1S/C18H14FN5OS2/c1-11-6-2-3-7-12(11)16-21-15(25-24-16)10-26-18-23-22-17(27-18)20-14-9-5-4-8-13(14)19/h2-9H,10H2,1H3,(H,20,22). The van der Waals surface area contributed by atoms with Crippen molar-refractivity contribution in [3.8, 4) is 11.4 Å². The van der Waals surface area contributed by atoms with Crippen LogP contribution in [0.15, 0.2) is 57.4 Å². The van der Waals surface area contributed by atoms with E-state index in [-0.39, 0.29) is 5.82 Å². The molecule has 0 saturated carbocycles. The molecule has 136 valence electrons. The van der Waals surface area contributed by atoms with E-state index in [9.17, 15) is 4.39 Å². The molecule has 0 aliphatic heterocycles. The maximum atomic E-state index is 13.7. The zero-order chi connectivity index (χ0) is 18.6. The lowest BCUT2D eigenvalue weighted by Gasteiger charge is -2.01. The normalized spacial score (nSPS) is 10.9. The monoisotopic (exact) mass is 399 g/mol. The van der Waals surface area contributed by atoms with E-state index in [4.69, 9.17) is 4.52 Å². The van der Waals surface area contributed by atoms with Crippen molar-refractivity contribution in [3.63, 3.8) is 0 Å². The lowest BCUT2D eigenvalue weighted by molar-refractivity contribution is 0.391. The van der Waals surface area contributed by atoms with Gasteiger partial charge < -0.3 is 9.84 Å². The number of thioether (sulfide) groups is 1. The van der Waals surface area contributed by atoms with Crippen LogP contribution in [0.1, 0.15) is 11.5 Å². The first-order valence-corrected chi connectivity index (χ1v) is 9.86. The smallest absolute Gasteiger partial charge is 0.237 e. The van der Waals surface area contributed by atoms with Crippen LogP contribution in [0.2, 0.25) is 0 Å². The summed E-state index contributed by atoms with van der Waals surface area (Å²) < 4.78 is 19.7. The van der Waals surface area contributed by atoms with Crippen molar-refractivity contribution in [3.05, 3.63) is 65.8 Å². The predicted octanol–water partition coefficient (Wildman–Crippen LogP) is 5.07. The van der Waals surface area contributed by atoms with Crippen molar-refractivity contribution < 1.29 is 8.91 Å². The largest absolute Gasteiger partial charge is 0.338 e. The second kappa shape index (κ2) is 7.85. The molecule has 0 radical (unpaired) electrons. The average molecular weight is 399 g/mol. The maximum absolute atomic E-state index is 13.7. The minimum absolute atomic E-state index is 0.337. The van der Waals surface area contributed by atoms with Gasteiger partial charge in [0.2, 0.25) is 16.8 Å². The fourth-order valence-corrected chi connectivity index (χ4v) is 3.97. The summed E-state index contributed by atoms with van der Waals surface area (Å²) in [5, 5.41) is 15.6. The zero-order valence-corrected chi connectivity index (χ0v) is 15.9. The number of halogens is 1. The van der Waals surface area contributed by atoms with Crippen molar-refractivity contribution in [2.24, 2.45) is 0 Å². The SMILES string of the molecule is Cc1ccccc1-c1noc(CSc2nnc(Nc3ccccc3F)s2)n1. The first kappa shape index (κ1) is 17.6. The van der Waals surface area contributed by atoms with Crippen molar-refractivity contribution in [2.75, 3.05) is 5.32 Å². The van der Waals surface area contributed by atoms with Crippen LogP contribution in [0.5, 0.6) is 0 Å². The number of hydrogen-bond acceptors (Lipinski definition) is 8. The molecule has 0 atom stereocenters. The zero-order valence-electron chi connectivity index (χ0n) is 14.2. The molecule has 1 N–H and O–H groups in total. The van der Waals surface area contributed by atoms with Gasteiger partial charge in [0.25, 0.3) is 0 Å². The van der Waals surface area contributed by atoms with Gasteiger partial charge in [0.15, 0.2) is 4.34 Å². The van der Waals surface area contributed by atoms with Crippen LogP contribution in [0.3, 0.4) is 0 Å². The molecule has 0 saturated heterocycles. The first-order valence-electron chi connectivity index (χ1n) is 8.05. The number of hydrogen-bond donors (Lipinski definition) is 1. The summed E-state index contributed by atoms with van der Waals surface area (Å²) in [5.74, 6) is 1.23. The van der Waals surface area contributed by atoms with Gasteiger partial charge in [0.1, 0.15) is 5.82 Å². The Hall–Kier alpha value is -2.78. The Morgan fingerprint density at radius 1 is 1.11 bits per heavy atom. The van der Waals surface area contributed by atoms with Gasteiger partial charge in [0, 0.05) is 5.56 Å².